The van der Waals surface area contributed by atoms with Crippen molar-refractivity contribution in [1.82, 2.24) is 0 Å². The van der Waals surface area contributed by atoms with Gasteiger partial charge in [-0.05, 0) is 11.1 Å². The van der Waals surface area contributed by atoms with E-state index in [0.29, 0.717) is 0 Å². The molecule has 0 unspecified atom stereocenters. The van der Waals surface area contributed by atoms with Gasteiger partial charge in [0.2, 0.25) is 0 Å². The van der Waals surface area contributed by atoms with Crippen LogP contribution in [0.4, 0.5) is 0 Å². The summed E-state index contributed by atoms with van der Waals surface area (Å²) in [7, 11) is 1.34. The summed E-state index contributed by atoms with van der Waals surface area (Å²) in [5, 5.41) is 9.50. The Balaban J connectivity index is 2.46. The molecule has 3 nitrogen and oxygen atoms in total. The Labute approximate surface area is 118 Å². The number of ether oxygens (including phenoxy) is 1. The molecule has 20 heavy (non-hydrogen) atoms. The molecule has 100 valence electrons. The third kappa shape index (κ3) is 2.86. The zero-order valence-corrected chi connectivity index (χ0v) is 11.2. The molecular formula is C17H15NO2. The number of nitriles is 1. The Bertz CT molecular complexity index is 602. The van der Waals surface area contributed by atoms with Crippen molar-refractivity contribution < 1.29 is 9.53 Å². The molecule has 0 aromatic heterocycles. The van der Waals surface area contributed by atoms with E-state index in [9.17, 15) is 10.1 Å². The van der Waals surface area contributed by atoms with Crippen LogP contribution in [0.15, 0.2) is 60.7 Å². The van der Waals surface area contributed by atoms with Crippen LogP contribution in [-0.2, 0) is 9.53 Å². The van der Waals surface area contributed by atoms with E-state index in [-0.39, 0.29) is 0 Å². The lowest BCUT2D eigenvalue weighted by atomic mass is 9.82. The van der Waals surface area contributed by atoms with Crippen LogP contribution in [0.2, 0.25) is 0 Å². The molecular weight excluding hydrogens is 250 g/mol. The molecule has 0 aliphatic heterocycles. The minimum absolute atomic E-state index is 0.397. The van der Waals surface area contributed by atoms with E-state index >= 15 is 0 Å². The van der Waals surface area contributed by atoms with Gasteiger partial charge in [-0.25, -0.2) is 0 Å². The maximum atomic E-state index is 12.1. The molecule has 0 saturated heterocycles. The molecule has 0 heterocycles. The van der Waals surface area contributed by atoms with E-state index in [1.165, 1.54) is 7.11 Å². The molecule has 0 saturated carbocycles. The van der Waals surface area contributed by atoms with Gasteiger partial charge < -0.3 is 4.74 Å². The van der Waals surface area contributed by atoms with E-state index in [1.54, 1.807) is 0 Å². The van der Waals surface area contributed by atoms with Gasteiger partial charge in [0, 0.05) is 0 Å². The maximum Gasteiger partial charge on any atom is 0.314 e. The first-order chi connectivity index (χ1) is 9.77. The summed E-state index contributed by atoms with van der Waals surface area (Å²) in [5.74, 6) is -1.58. The van der Waals surface area contributed by atoms with Crippen molar-refractivity contribution in [1.29, 1.82) is 5.26 Å². The Morgan fingerprint density at radius 3 is 1.95 bits per heavy atom. The molecule has 0 aliphatic rings. The molecule has 2 aromatic carbocycles. The third-order valence-electron chi connectivity index (χ3n) is 3.24. The smallest absolute Gasteiger partial charge is 0.314 e. The minimum Gasteiger partial charge on any atom is -0.469 e. The van der Waals surface area contributed by atoms with Crippen molar-refractivity contribution in [3.63, 3.8) is 0 Å². The summed E-state index contributed by atoms with van der Waals surface area (Å²) in [5.41, 5.74) is 1.60. The van der Waals surface area contributed by atoms with E-state index in [2.05, 4.69) is 6.07 Å². The number of hydrogen-bond donors (Lipinski definition) is 0. The highest BCUT2D eigenvalue weighted by Gasteiger charge is 2.31. The van der Waals surface area contributed by atoms with E-state index in [1.807, 2.05) is 60.7 Å². The number of esters is 1. The first kappa shape index (κ1) is 13.8. The SMILES string of the molecule is COC(=O)[C@H](c1ccccc1)[C@H](C#N)c1ccccc1. The van der Waals surface area contributed by atoms with Gasteiger partial charge in [0.25, 0.3) is 0 Å². The number of hydrogen-bond acceptors (Lipinski definition) is 3. The summed E-state index contributed by atoms with van der Waals surface area (Å²) in [6.07, 6.45) is 0. The molecule has 2 rings (SSSR count). The minimum atomic E-state index is -0.617. The van der Waals surface area contributed by atoms with Crippen molar-refractivity contribution in [3.05, 3.63) is 71.8 Å². The van der Waals surface area contributed by atoms with Gasteiger partial charge in [-0.2, -0.15) is 5.26 Å². The van der Waals surface area contributed by atoms with E-state index in [4.69, 9.17) is 4.74 Å². The first-order valence-corrected chi connectivity index (χ1v) is 6.35. The van der Waals surface area contributed by atoms with Gasteiger partial charge >= 0.3 is 5.97 Å². The molecule has 0 aliphatic carbocycles. The maximum absolute atomic E-state index is 12.1. The van der Waals surface area contributed by atoms with E-state index in [0.717, 1.165) is 11.1 Å². The predicted octanol–water partition coefficient (Wildman–Crippen LogP) is 3.25. The fraction of sp³-hybridized carbons (Fsp3) is 0.176. The molecule has 3 heteroatoms. The monoisotopic (exact) mass is 265 g/mol. The Morgan fingerprint density at radius 2 is 1.50 bits per heavy atom. The van der Waals surface area contributed by atoms with Crippen molar-refractivity contribution in [2.45, 2.75) is 11.8 Å². The molecule has 0 fully saturated rings. The highest BCUT2D eigenvalue weighted by atomic mass is 16.5. The van der Waals surface area contributed by atoms with Gasteiger partial charge in [-0.15, -0.1) is 0 Å². The molecule has 2 aromatic rings. The van der Waals surface area contributed by atoms with Crippen LogP contribution in [0.3, 0.4) is 0 Å². The Hall–Kier alpha value is -2.60. The first-order valence-electron chi connectivity index (χ1n) is 6.35. The van der Waals surface area contributed by atoms with Gasteiger partial charge in [-0.3, -0.25) is 4.79 Å². The zero-order chi connectivity index (χ0) is 14.4. The van der Waals surface area contributed by atoms with Crippen LogP contribution >= 0.6 is 0 Å². The van der Waals surface area contributed by atoms with Gasteiger partial charge in [0.1, 0.15) is 5.92 Å². The van der Waals surface area contributed by atoms with Crippen LogP contribution in [0, 0.1) is 11.3 Å². The highest BCUT2D eigenvalue weighted by molar-refractivity contribution is 5.80. The van der Waals surface area contributed by atoms with Crippen molar-refractivity contribution in [2.75, 3.05) is 7.11 Å². The summed E-state index contributed by atoms with van der Waals surface area (Å²) in [4.78, 5) is 12.1. The number of rotatable bonds is 4. The van der Waals surface area contributed by atoms with Crippen molar-refractivity contribution in [2.24, 2.45) is 0 Å². The second kappa shape index (κ2) is 6.53. The molecule has 2 atom stereocenters. The predicted molar refractivity (Wildman–Crippen MR) is 76.0 cm³/mol. The van der Waals surface area contributed by atoms with Crippen LogP contribution < -0.4 is 0 Å². The normalized spacial score (nSPS) is 13.0. The Morgan fingerprint density at radius 1 is 1.00 bits per heavy atom. The number of carbonyl (C=O) groups excluding carboxylic acids is 1. The van der Waals surface area contributed by atoms with Crippen LogP contribution in [-0.4, -0.2) is 13.1 Å². The topological polar surface area (TPSA) is 50.1 Å². The van der Waals surface area contributed by atoms with E-state index < -0.39 is 17.8 Å². The van der Waals surface area contributed by atoms with Crippen LogP contribution in [0.5, 0.6) is 0 Å². The van der Waals surface area contributed by atoms with Gasteiger partial charge in [0.05, 0.1) is 19.1 Å². The highest BCUT2D eigenvalue weighted by Crippen LogP contribution is 2.33. The summed E-state index contributed by atoms with van der Waals surface area (Å²) < 4.78 is 4.88. The molecule has 0 radical (unpaired) electrons. The molecule has 0 bridgehead atoms. The largest absolute Gasteiger partial charge is 0.469 e. The van der Waals surface area contributed by atoms with Crippen molar-refractivity contribution in [3.8, 4) is 6.07 Å². The summed E-state index contributed by atoms with van der Waals surface area (Å²) >= 11 is 0. The third-order valence-corrected chi connectivity index (χ3v) is 3.24. The summed E-state index contributed by atoms with van der Waals surface area (Å²) in [6.45, 7) is 0. The fourth-order valence-electron chi connectivity index (χ4n) is 2.25. The quantitative estimate of drug-likeness (QED) is 0.797. The average Bonchev–Trinajstić information content (AvgIpc) is 2.53. The lowest BCUT2D eigenvalue weighted by molar-refractivity contribution is -0.142. The number of carbonyl (C=O) groups is 1. The lowest BCUT2D eigenvalue weighted by Crippen LogP contribution is -2.21. The standard InChI is InChI=1S/C17H15NO2/c1-20-17(19)16(14-10-6-3-7-11-14)15(12-18)13-8-4-2-5-9-13/h2-11,15-16H,1H3/t15-,16-/m1/s1. The van der Waals surface area contributed by atoms with Crippen LogP contribution in [0.1, 0.15) is 23.0 Å². The second-order valence-electron chi connectivity index (χ2n) is 4.43. The summed E-state index contributed by atoms with van der Waals surface area (Å²) in [6, 6.07) is 20.8. The lowest BCUT2D eigenvalue weighted by Gasteiger charge is -2.20. The van der Waals surface area contributed by atoms with Crippen molar-refractivity contribution >= 4 is 5.97 Å². The van der Waals surface area contributed by atoms with Crippen LogP contribution in [0.25, 0.3) is 0 Å². The Kier molecular flexibility index (Phi) is 4.52. The zero-order valence-electron chi connectivity index (χ0n) is 11.2. The number of methoxy groups -OCH3 is 1. The fourth-order valence-corrected chi connectivity index (χ4v) is 2.25. The molecule has 0 amide bonds. The molecule has 0 spiro atoms. The second-order valence-corrected chi connectivity index (χ2v) is 4.43. The molecule has 0 N–H and O–H groups in total. The van der Waals surface area contributed by atoms with Gasteiger partial charge in [0.15, 0.2) is 0 Å². The number of nitrogens with zero attached hydrogens (tertiary/aromatic N) is 1. The average molecular weight is 265 g/mol. The van der Waals surface area contributed by atoms with Gasteiger partial charge in [-0.1, -0.05) is 60.7 Å². The number of benzene rings is 2.